The first-order valence-corrected chi connectivity index (χ1v) is 14.5. The molecule has 2 saturated heterocycles. The van der Waals surface area contributed by atoms with Gasteiger partial charge in [-0.25, -0.2) is 13.4 Å². The minimum atomic E-state index is -3.56. The molecule has 0 bridgehead atoms. The lowest BCUT2D eigenvalue weighted by molar-refractivity contribution is 0.0917. The van der Waals surface area contributed by atoms with Gasteiger partial charge in [-0.2, -0.15) is 4.31 Å². The third-order valence-corrected chi connectivity index (χ3v) is 9.93. The molecule has 0 aliphatic carbocycles. The smallest absolute Gasteiger partial charge is 0.260 e. The molecule has 0 N–H and O–H groups in total. The molecule has 1 amide bonds. The van der Waals surface area contributed by atoms with Crippen molar-refractivity contribution in [2.75, 3.05) is 31.1 Å². The zero-order valence-corrected chi connectivity index (χ0v) is 21.8. The van der Waals surface area contributed by atoms with Crippen molar-refractivity contribution in [2.45, 2.75) is 50.5 Å². The second kappa shape index (κ2) is 9.97. The van der Waals surface area contributed by atoms with E-state index in [0.717, 1.165) is 41.5 Å². The number of carbonyl (C=O) groups is 1. The van der Waals surface area contributed by atoms with Crippen LogP contribution < -0.4 is 4.90 Å². The van der Waals surface area contributed by atoms with Gasteiger partial charge in [-0.05, 0) is 74.4 Å². The van der Waals surface area contributed by atoms with E-state index >= 15 is 0 Å². The van der Waals surface area contributed by atoms with E-state index in [9.17, 15) is 13.2 Å². The summed E-state index contributed by atoms with van der Waals surface area (Å²) >= 11 is 1.49. The van der Waals surface area contributed by atoms with Gasteiger partial charge in [0.1, 0.15) is 0 Å². The average molecular weight is 514 g/mol. The molecule has 186 valence electrons. The summed E-state index contributed by atoms with van der Waals surface area (Å²) in [7, 11) is -3.56. The van der Waals surface area contributed by atoms with Gasteiger partial charge < -0.3 is 4.74 Å². The molecule has 1 atom stereocenters. The number of hydrogen-bond acceptors (Lipinski definition) is 6. The first-order chi connectivity index (χ1) is 16.8. The van der Waals surface area contributed by atoms with Crippen molar-refractivity contribution in [1.29, 1.82) is 0 Å². The fourth-order valence-electron chi connectivity index (χ4n) is 4.73. The number of carbonyl (C=O) groups excluding carboxylic acids is 1. The van der Waals surface area contributed by atoms with Gasteiger partial charge in [-0.1, -0.05) is 30.4 Å². The number of amides is 1. The number of sulfonamides is 1. The molecule has 7 nitrogen and oxygen atoms in total. The number of rotatable bonds is 6. The highest BCUT2D eigenvalue weighted by atomic mass is 32.2. The summed E-state index contributed by atoms with van der Waals surface area (Å²) in [4.78, 5) is 20.4. The second-order valence-electron chi connectivity index (χ2n) is 9.58. The highest BCUT2D eigenvalue weighted by molar-refractivity contribution is 7.89. The van der Waals surface area contributed by atoms with Gasteiger partial charge in [-0.15, -0.1) is 0 Å². The Morgan fingerprint density at radius 3 is 2.54 bits per heavy atom. The highest BCUT2D eigenvalue weighted by Gasteiger charge is 2.30. The Labute approximate surface area is 210 Å². The van der Waals surface area contributed by atoms with Crippen molar-refractivity contribution in [3.63, 3.8) is 0 Å². The van der Waals surface area contributed by atoms with E-state index in [1.807, 2.05) is 25.1 Å². The SMILES string of the molecule is Cc1cccc2sc(N(CC3CCCO3)C(=O)c3ccc(S(=O)(=O)N4CCC(C)CC4)cc3)nc12. The van der Waals surface area contributed by atoms with Crippen LogP contribution in [-0.4, -0.2) is 56.0 Å². The number of fused-ring (bicyclic) bond motifs is 1. The van der Waals surface area contributed by atoms with Gasteiger partial charge in [0.05, 0.1) is 27.8 Å². The fourth-order valence-corrected chi connectivity index (χ4v) is 7.25. The third-order valence-electron chi connectivity index (χ3n) is 6.98. The van der Waals surface area contributed by atoms with Crippen molar-refractivity contribution in [3.8, 4) is 0 Å². The van der Waals surface area contributed by atoms with Gasteiger partial charge in [0.15, 0.2) is 5.13 Å². The van der Waals surface area contributed by atoms with E-state index in [2.05, 4.69) is 6.92 Å². The second-order valence-corrected chi connectivity index (χ2v) is 12.5. The number of ether oxygens (including phenoxy) is 1. The zero-order valence-electron chi connectivity index (χ0n) is 20.1. The molecule has 9 heteroatoms. The van der Waals surface area contributed by atoms with Crippen molar-refractivity contribution >= 4 is 42.6 Å². The van der Waals surface area contributed by atoms with Crippen molar-refractivity contribution in [3.05, 3.63) is 53.6 Å². The molecule has 1 unspecified atom stereocenters. The Kier molecular flexibility index (Phi) is 6.94. The van der Waals surface area contributed by atoms with Crippen LogP contribution in [0.25, 0.3) is 10.2 Å². The standard InChI is InChI=1S/C26H31N3O4S2/c1-18-12-14-28(15-13-18)35(31,32)22-10-8-20(9-11-22)25(30)29(17-21-6-4-16-33-21)26-27-24-19(2)5-3-7-23(24)34-26/h3,5,7-11,18,21H,4,6,12-17H2,1-2H3. The lowest BCUT2D eigenvalue weighted by Gasteiger charge is -2.29. The summed E-state index contributed by atoms with van der Waals surface area (Å²) in [6.45, 7) is 6.36. The average Bonchev–Trinajstić information content (AvgIpc) is 3.53. The number of nitrogens with zero attached hydrogens (tertiary/aromatic N) is 3. The van der Waals surface area contributed by atoms with Crippen LogP contribution in [0.2, 0.25) is 0 Å². The van der Waals surface area contributed by atoms with Crippen LogP contribution in [-0.2, 0) is 14.8 Å². The summed E-state index contributed by atoms with van der Waals surface area (Å²) in [5, 5.41) is 0.633. The van der Waals surface area contributed by atoms with Crippen LogP contribution in [0.4, 0.5) is 5.13 Å². The molecule has 5 rings (SSSR count). The van der Waals surface area contributed by atoms with Gasteiger partial charge in [0, 0.05) is 25.3 Å². The summed E-state index contributed by atoms with van der Waals surface area (Å²) < 4.78 is 34.6. The minimum Gasteiger partial charge on any atom is -0.376 e. The van der Waals surface area contributed by atoms with Crippen molar-refractivity contribution in [1.82, 2.24) is 9.29 Å². The molecule has 0 radical (unpaired) electrons. The molecular weight excluding hydrogens is 482 g/mol. The van der Waals surface area contributed by atoms with E-state index in [1.165, 1.54) is 11.3 Å². The van der Waals surface area contributed by atoms with Crippen molar-refractivity contribution in [2.24, 2.45) is 5.92 Å². The van der Waals surface area contributed by atoms with Crippen LogP contribution in [0.3, 0.4) is 0 Å². The number of para-hydroxylation sites is 1. The maximum atomic E-state index is 13.7. The molecule has 2 aromatic carbocycles. The Morgan fingerprint density at radius 1 is 1.14 bits per heavy atom. The normalized spacial score (nSPS) is 19.9. The number of thiazole rings is 1. The molecule has 2 aliphatic rings. The number of aryl methyl sites for hydroxylation is 1. The zero-order chi connectivity index (χ0) is 24.6. The Hall–Kier alpha value is -2.33. The van der Waals surface area contributed by atoms with Gasteiger partial charge in [0.25, 0.3) is 5.91 Å². The van der Waals surface area contributed by atoms with Gasteiger partial charge >= 0.3 is 0 Å². The highest BCUT2D eigenvalue weighted by Crippen LogP contribution is 2.32. The maximum absolute atomic E-state index is 13.7. The molecule has 0 spiro atoms. The van der Waals surface area contributed by atoms with Crippen LogP contribution in [0.15, 0.2) is 47.4 Å². The molecule has 1 aromatic heterocycles. The molecule has 2 fully saturated rings. The largest absolute Gasteiger partial charge is 0.376 e. The first kappa shape index (κ1) is 24.4. The Bertz CT molecular complexity index is 1310. The Balaban J connectivity index is 1.42. The third kappa shape index (κ3) is 5.00. The number of anilines is 1. The minimum absolute atomic E-state index is 0.0341. The fraction of sp³-hybridized carbons (Fsp3) is 0.462. The van der Waals surface area contributed by atoms with E-state index in [4.69, 9.17) is 9.72 Å². The van der Waals surface area contributed by atoms with Crippen LogP contribution in [0, 0.1) is 12.8 Å². The quantitative estimate of drug-likeness (QED) is 0.471. The predicted molar refractivity (Wildman–Crippen MR) is 139 cm³/mol. The summed E-state index contributed by atoms with van der Waals surface area (Å²) in [6, 6.07) is 12.3. The predicted octanol–water partition coefficient (Wildman–Crippen LogP) is 4.85. The molecule has 0 saturated carbocycles. The lowest BCUT2D eigenvalue weighted by Crippen LogP contribution is -2.38. The molecule has 3 heterocycles. The van der Waals surface area contributed by atoms with Crippen LogP contribution in [0.1, 0.15) is 48.5 Å². The molecular formula is C26H31N3O4S2. The number of hydrogen-bond donors (Lipinski definition) is 0. The summed E-state index contributed by atoms with van der Waals surface area (Å²) in [5.41, 5.74) is 2.40. The number of benzene rings is 2. The maximum Gasteiger partial charge on any atom is 0.260 e. The summed E-state index contributed by atoms with van der Waals surface area (Å²) in [6.07, 6.45) is 3.59. The van der Waals surface area contributed by atoms with Crippen LogP contribution in [0.5, 0.6) is 0 Å². The van der Waals surface area contributed by atoms with E-state index in [-0.39, 0.29) is 16.9 Å². The van der Waals surface area contributed by atoms with Gasteiger partial charge in [-0.3, -0.25) is 9.69 Å². The molecule has 2 aliphatic heterocycles. The monoisotopic (exact) mass is 513 g/mol. The Morgan fingerprint density at radius 2 is 1.89 bits per heavy atom. The van der Waals surface area contributed by atoms with Gasteiger partial charge in [0.2, 0.25) is 10.0 Å². The van der Waals surface area contributed by atoms with E-state index in [0.29, 0.717) is 42.9 Å². The molecule has 3 aromatic rings. The van der Waals surface area contributed by atoms with E-state index < -0.39 is 10.0 Å². The first-order valence-electron chi connectivity index (χ1n) is 12.2. The summed E-state index contributed by atoms with van der Waals surface area (Å²) in [5.74, 6) is 0.343. The molecule has 35 heavy (non-hydrogen) atoms. The van der Waals surface area contributed by atoms with Crippen molar-refractivity contribution < 1.29 is 17.9 Å². The van der Waals surface area contributed by atoms with Crippen LogP contribution >= 0.6 is 11.3 Å². The topological polar surface area (TPSA) is 79.8 Å². The van der Waals surface area contributed by atoms with E-state index in [1.54, 1.807) is 33.5 Å². The lowest BCUT2D eigenvalue weighted by atomic mass is 10.0. The number of aromatic nitrogens is 1. The number of piperidine rings is 1.